The van der Waals surface area contributed by atoms with Crippen LogP contribution in [0.25, 0.3) is 0 Å². The SMILES string of the molecule is CN(Cc1ccccc1)C(=O)c1cccc2c1NC(c1cc(Br)ccc1O)C1CC=CC21. The standard InChI is InChI=1S/C27H25BrN2O2/c1-30(16-17-7-3-2-4-8-17)27(32)22-12-6-11-20-19-9-5-10-21(19)26(29-25(20)22)23-15-18(28)13-14-24(23)31/h2-9,11-15,19,21,26,29,31H,10,16H2,1H3. The van der Waals surface area contributed by atoms with Crippen molar-refractivity contribution < 1.29 is 9.90 Å². The van der Waals surface area contributed by atoms with Crippen molar-refractivity contribution in [3.63, 3.8) is 0 Å². The van der Waals surface area contributed by atoms with Crippen LogP contribution in [0, 0.1) is 5.92 Å². The fraction of sp³-hybridized carbons (Fsp3) is 0.222. The number of fused-ring (bicyclic) bond motifs is 3. The first-order valence-corrected chi connectivity index (χ1v) is 11.7. The lowest BCUT2D eigenvalue weighted by molar-refractivity contribution is 0.0785. The Morgan fingerprint density at radius 1 is 1.09 bits per heavy atom. The van der Waals surface area contributed by atoms with E-state index in [9.17, 15) is 9.90 Å². The number of allylic oxidation sites excluding steroid dienone is 2. The fourth-order valence-corrected chi connectivity index (χ4v) is 5.40. The first kappa shape index (κ1) is 20.8. The normalized spacial score (nSPS) is 20.9. The third-order valence-corrected chi connectivity index (χ3v) is 7.05. The van der Waals surface area contributed by atoms with E-state index >= 15 is 0 Å². The topological polar surface area (TPSA) is 52.6 Å². The summed E-state index contributed by atoms with van der Waals surface area (Å²) in [6.07, 6.45) is 5.39. The number of anilines is 1. The minimum atomic E-state index is -0.0895. The summed E-state index contributed by atoms with van der Waals surface area (Å²) in [6.45, 7) is 0.547. The van der Waals surface area contributed by atoms with E-state index in [-0.39, 0.29) is 29.5 Å². The molecule has 162 valence electrons. The van der Waals surface area contributed by atoms with Crippen LogP contribution in [-0.4, -0.2) is 23.0 Å². The van der Waals surface area contributed by atoms with Crippen molar-refractivity contribution in [3.8, 4) is 5.75 Å². The number of hydrogen-bond acceptors (Lipinski definition) is 3. The summed E-state index contributed by atoms with van der Waals surface area (Å²) in [5.74, 6) is 0.748. The quantitative estimate of drug-likeness (QED) is 0.426. The summed E-state index contributed by atoms with van der Waals surface area (Å²) in [5.41, 5.74) is 4.63. The van der Waals surface area contributed by atoms with Crippen molar-refractivity contribution in [3.05, 3.63) is 106 Å². The molecule has 0 radical (unpaired) electrons. The number of amides is 1. The van der Waals surface area contributed by atoms with Gasteiger partial charge in [-0.1, -0.05) is 70.5 Å². The van der Waals surface area contributed by atoms with Gasteiger partial charge in [0.05, 0.1) is 17.3 Å². The van der Waals surface area contributed by atoms with Gasteiger partial charge in [-0.2, -0.15) is 0 Å². The van der Waals surface area contributed by atoms with Crippen LogP contribution in [0.1, 0.15) is 45.4 Å². The molecule has 0 aromatic heterocycles. The van der Waals surface area contributed by atoms with Gasteiger partial charge >= 0.3 is 0 Å². The van der Waals surface area contributed by atoms with Crippen molar-refractivity contribution in [1.29, 1.82) is 0 Å². The Bertz CT molecular complexity index is 1190. The van der Waals surface area contributed by atoms with Gasteiger partial charge < -0.3 is 15.3 Å². The van der Waals surface area contributed by atoms with E-state index in [1.165, 1.54) is 0 Å². The van der Waals surface area contributed by atoms with Crippen LogP contribution in [0.5, 0.6) is 5.75 Å². The molecule has 0 saturated heterocycles. The molecule has 2 N–H and O–H groups in total. The third kappa shape index (κ3) is 3.71. The molecule has 0 saturated carbocycles. The Morgan fingerprint density at radius 2 is 1.91 bits per heavy atom. The number of phenols is 1. The van der Waals surface area contributed by atoms with Crippen molar-refractivity contribution in [2.75, 3.05) is 12.4 Å². The van der Waals surface area contributed by atoms with Gasteiger partial charge in [-0.25, -0.2) is 0 Å². The van der Waals surface area contributed by atoms with Gasteiger partial charge in [0.1, 0.15) is 5.75 Å². The molecule has 5 rings (SSSR count). The fourth-order valence-electron chi connectivity index (χ4n) is 5.02. The molecule has 2 aliphatic rings. The van der Waals surface area contributed by atoms with Gasteiger partial charge in [-0.05, 0) is 47.7 Å². The Balaban J connectivity index is 1.52. The Hall–Kier alpha value is -3.05. The maximum absolute atomic E-state index is 13.5. The van der Waals surface area contributed by atoms with E-state index < -0.39 is 0 Å². The molecule has 1 aliphatic carbocycles. The largest absolute Gasteiger partial charge is 0.508 e. The second-order valence-electron chi connectivity index (χ2n) is 8.60. The number of carbonyl (C=O) groups excluding carboxylic acids is 1. The number of phenolic OH excluding ortho intramolecular Hbond substituents is 1. The first-order chi connectivity index (χ1) is 15.5. The predicted molar refractivity (Wildman–Crippen MR) is 131 cm³/mol. The lowest BCUT2D eigenvalue weighted by Crippen LogP contribution is -2.32. The van der Waals surface area contributed by atoms with E-state index in [1.807, 2.05) is 61.6 Å². The number of nitrogens with zero attached hydrogens (tertiary/aromatic N) is 1. The van der Waals surface area contributed by atoms with E-state index in [2.05, 4.69) is 39.5 Å². The molecular formula is C27H25BrN2O2. The molecule has 5 heteroatoms. The lowest BCUT2D eigenvalue weighted by atomic mass is 9.76. The van der Waals surface area contributed by atoms with E-state index in [1.54, 1.807) is 11.0 Å². The monoisotopic (exact) mass is 488 g/mol. The number of halogens is 1. The van der Waals surface area contributed by atoms with Crippen LogP contribution in [-0.2, 0) is 6.54 Å². The second kappa shape index (κ2) is 8.47. The molecule has 0 fully saturated rings. The first-order valence-electron chi connectivity index (χ1n) is 10.9. The molecule has 3 aromatic carbocycles. The Labute approximate surface area is 196 Å². The number of aromatic hydroxyl groups is 1. The highest BCUT2D eigenvalue weighted by molar-refractivity contribution is 9.10. The van der Waals surface area contributed by atoms with Gasteiger partial charge in [-0.3, -0.25) is 4.79 Å². The molecule has 0 bridgehead atoms. The Kier molecular flexibility index (Phi) is 5.51. The zero-order valence-corrected chi connectivity index (χ0v) is 19.4. The number of para-hydroxylation sites is 1. The van der Waals surface area contributed by atoms with Gasteiger partial charge in [0.25, 0.3) is 5.91 Å². The molecule has 3 atom stereocenters. The summed E-state index contributed by atoms with van der Waals surface area (Å²) in [7, 11) is 1.84. The number of benzene rings is 3. The summed E-state index contributed by atoms with van der Waals surface area (Å²) in [5, 5.41) is 14.3. The summed E-state index contributed by atoms with van der Waals surface area (Å²) >= 11 is 3.54. The highest BCUT2D eigenvalue weighted by Crippen LogP contribution is 2.52. The van der Waals surface area contributed by atoms with Crippen molar-refractivity contribution in [1.82, 2.24) is 4.90 Å². The van der Waals surface area contributed by atoms with E-state index in [4.69, 9.17) is 0 Å². The zero-order chi connectivity index (χ0) is 22.2. The van der Waals surface area contributed by atoms with Gasteiger partial charge in [0.15, 0.2) is 0 Å². The molecular weight excluding hydrogens is 464 g/mol. The number of carbonyl (C=O) groups is 1. The van der Waals surface area contributed by atoms with Gasteiger partial charge in [0, 0.05) is 29.5 Å². The lowest BCUT2D eigenvalue weighted by Gasteiger charge is -2.38. The molecule has 3 unspecified atom stereocenters. The summed E-state index contributed by atoms with van der Waals surface area (Å²) in [4.78, 5) is 15.2. The van der Waals surface area contributed by atoms with Crippen LogP contribution < -0.4 is 5.32 Å². The maximum atomic E-state index is 13.5. The molecule has 4 nitrogen and oxygen atoms in total. The summed E-state index contributed by atoms with van der Waals surface area (Å²) in [6, 6.07) is 21.4. The number of rotatable bonds is 4. The van der Waals surface area contributed by atoms with Crippen LogP contribution in [0.4, 0.5) is 5.69 Å². The van der Waals surface area contributed by atoms with Crippen LogP contribution in [0.2, 0.25) is 0 Å². The maximum Gasteiger partial charge on any atom is 0.256 e. The van der Waals surface area contributed by atoms with Crippen LogP contribution >= 0.6 is 15.9 Å². The highest BCUT2D eigenvalue weighted by atomic mass is 79.9. The zero-order valence-electron chi connectivity index (χ0n) is 17.8. The molecule has 3 aromatic rings. The molecule has 32 heavy (non-hydrogen) atoms. The van der Waals surface area contributed by atoms with Gasteiger partial charge in [-0.15, -0.1) is 0 Å². The summed E-state index contributed by atoms with van der Waals surface area (Å²) < 4.78 is 0.923. The van der Waals surface area contributed by atoms with Crippen LogP contribution in [0.15, 0.2) is 83.4 Å². The molecule has 1 heterocycles. The molecule has 1 aliphatic heterocycles. The smallest absolute Gasteiger partial charge is 0.256 e. The minimum Gasteiger partial charge on any atom is -0.508 e. The second-order valence-corrected chi connectivity index (χ2v) is 9.51. The van der Waals surface area contributed by atoms with Crippen molar-refractivity contribution in [2.24, 2.45) is 5.92 Å². The van der Waals surface area contributed by atoms with Crippen LogP contribution in [0.3, 0.4) is 0 Å². The number of nitrogens with one attached hydrogen (secondary N) is 1. The van der Waals surface area contributed by atoms with Crippen molar-refractivity contribution >= 4 is 27.5 Å². The average molecular weight is 489 g/mol. The highest BCUT2D eigenvalue weighted by Gasteiger charge is 2.40. The van der Waals surface area contributed by atoms with E-state index in [0.29, 0.717) is 12.1 Å². The predicted octanol–water partition coefficient (Wildman–Crippen LogP) is 6.25. The Morgan fingerprint density at radius 3 is 2.72 bits per heavy atom. The number of hydrogen-bond donors (Lipinski definition) is 2. The molecule has 0 spiro atoms. The van der Waals surface area contributed by atoms with Gasteiger partial charge in [0.2, 0.25) is 0 Å². The molecule has 1 amide bonds. The third-order valence-electron chi connectivity index (χ3n) is 6.56. The average Bonchev–Trinajstić information content (AvgIpc) is 3.30. The minimum absolute atomic E-state index is 0.0177. The van der Waals surface area contributed by atoms with Crippen molar-refractivity contribution in [2.45, 2.75) is 24.9 Å². The van der Waals surface area contributed by atoms with E-state index in [0.717, 1.165) is 33.3 Å².